The Morgan fingerprint density at radius 3 is 2.81 bits per heavy atom. The van der Waals surface area contributed by atoms with Gasteiger partial charge >= 0.3 is 0 Å². The van der Waals surface area contributed by atoms with Gasteiger partial charge in [-0.2, -0.15) is 0 Å². The van der Waals surface area contributed by atoms with Gasteiger partial charge in [-0.15, -0.1) is 0 Å². The van der Waals surface area contributed by atoms with E-state index in [0.29, 0.717) is 31.5 Å². The topological polar surface area (TPSA) is 64.2 Å². The molecule has 1 saturated carbocycles. The highest BCUT2D eigenvalue weighted by Gasteiger charge is 2.33. The van der Waals surface area contributed by atoms with Crippen LogP contribution in [0.1, 0.15) is 51.3 Å². The van der Waals surface area contributed by atoms with Crippen LogP contribution < -0.4 is 5.73 Å². The number of carbonyl (C=O) groups excluding carboxylic acids is 1. The molecule has 5 nitrogen and oxygen atoms in total. The zero-order valence-corrected chi connectivity index (χ0v) is 13.3. The third-order valence-corrected chi connectivity index (χ3v) is 4.46. The fraction of sp³-hybridized carbons (Fsp3) is 0.750. The third kappa shape index (κ3) is 4.56. The Kier molecular flexibility index (Phi) is 5.79. The first kappa shape index (κ1) is 16.0. The van der Waals surface area contributed by atoms with Crippen molar-refractivity contribution in [2.75, 3.05) is 6.54 Å². The Labute approximate surface area is 127 Å². The van der Waals surface area contributed by atoms with Gasteiger partial charge in [0, 0.05) is 31.9 Å². The SMILES string of the molecule is CCC(CCN)CCC(=O)N(Cc1nccn1C)C1CC1. The van der Waals surface area contributed by atoms with Gasteiger partial charge in [0.1, 0.15) is 5.82 Å². The summed E-state index contributed by atoms with van der Waals surface area (Å²) < 4.78 is 1.99. The molecule has 1 fully saturated rings. The summed E-state index contributed by atoms with van der Waals surface area (Å²) in [6.45, 7) is 3.53. The second-order valence-electron chi connectivity index (χ2n) is 6.10. The summed E-state index contributed by atoms with van der Waals surface area (Å²) in [7, 11) is 1.98. The van der Waals surface area contributed by atoms with Crippen molar-refractivity contribution in [3.63, 3.8) is 0 Å². The van der Waals surface area contributed by atoms with E-state index in [1.54, 1.807) is 6.20 Å². The Hall–Kier alpha value is -1.36. The first-order valence-corrected chi connectivity index (χ1v) is 8.11. The molecule has 1 aliphatic carbocycles. The number of nitrogens with zero attached hydrogens (tertiary/aromatic N) is 3. The Bertz CT molecular complexity index is 453. The molecule has 1 aromatic rings. The molecule has 0 spiro atoms. The maximum Gasteiger partial charge on any atom is 0.223 e. The fourth-order valence-corrected chi connectivity index (χ4v) is 2.77. The largest absolute Gasteiger partial charge is 0.337 e. The van der Waals surface area contributed by atoms with E-state index in [1.165, 1.54) is 0 Å². The van der Waals surface area contributed by atoms with Crippen LogP contribution in [0.5, 0.6) is 0 Å². The van der Waals surface area contributed by atoms with Crippen LogP contribution in [-0.2, 0) is 18.4 Å². The first-order chi connectivity index (χ1) is 10.2. The van der Waals surface area contributed by atoms with Crippen LogP contribution >= 0.6 is 0 Å². The number of nitrogens with two attached hydrogens (primary N) is 1. The van der Waals surface area contributed by atoms with Gasteiger partial charge in [-0.25, -0.2) is 4.98 Å². The van der Waals surface area contributed by atoms with Crippen molar-refractivity contribution in [2.24, 2.45) is 18.7 Å². The van der Waals surface area contributed by atoms with E-state index in [-0.39, 0.29) is 5.91 Å². The molecule has 1 atom stereocenters. The third-order valence-electron chi connectivity index (χ3n) is 4.46. The van der Waals surface area contributed by atoms with Crippen LogP contribution in [0.15, 0.2) is 12.4 Å². The van der Waals surface area contributed by atoms with Crippen molar-refractivity contribution in [1.82, 2.24) is 14.5 Å². The van der Waals surface area contributed by atoms with E-state index in [1.807, 2.05) is 22.7 Å². The fourth-order valence-electron chi connectivity index (χ4n) is 2.77. The number of amides is 1. The summed E-state index contributed by atoms with van der Waals surface area (Å²) in [6, 6.07) is 0.434. The molecule has 1 amide bonds. The van der Waals surface area contributed by atoms with Crippen LogP contribution in [-0.4, -0.2) is 32.9 Å². The van der Waals surface area contributed by atoms with Gasteiger partial charge in [0.25, 0.3) is 0 Å². The molecule has 118 valence electrons. The van der Waals surface area contributed by atoms with Gasteiger partial charge in [0.2, 0.25) is 5.91 Å². The Balaban J connectivity index is 1.89. The molecule has 1 aromatic heterocycles. The highest BCUT2D eigenvalue weighted by Crippen LogP contribution is 2.29. The molecule has 0 bridgehead atoms. The molecule has 21 heavy (non-hydrogen) atoms. The minimum Gasteiger partial charge on any atom is -0.337 e. The number of aromatic nitrogens is 2. The van der Waals surface area contributed by atoms with Crippen molar-refractivity contribution in [2.45, 2.75) is 58.0 Å². The molecular formula is C16H28N4O. The highest BCUT2D eigenvalue weighted by atomic mass is 16.2. The van der Waals surface area contributed by atoms with E-state index >= 15 is 0 Å². The van der Waals surface area contributed by atoms with Crippen molar-refractivity contribution < 1.29 is 4.79 Å². The molecule has 1 aliphatic rings. The predicted octanol–water partition coefficient (Wildman–Crippen LogP) is 2.07. The van der Waals surface area contributed by atoms with E-state index in [2.05, 4.69) is 11.9 Å². The Morgan fingerprint density at radius 1 is 1.52 bits per heavy atom. The standard InChI is InChI=1S/C16H28N4O/c1-3-13(8-9-17)4-7-16(21)20(14-5-6-14)12-15-18-10-11-19(15)2/h10-11,13-14H,3-9,12,17H2,1-2H3. The lowest BCUT2D eigenvalue weighted by atomic mass is 9.96. The molecular weight excluding hydrogens is 264 g/mol. The molecule has 2 N–H and O–H groups in total. The summed E-state index contributed by atoms with van der Waals surface area (Å²) in [6.07, 6.45) is 9.71. The maximum absolute atomic E-state index is 12.5. The van der Waals surface area contributed by atoms with Crippen molar-refractivity contribution in [3.8, 4) is 0 Å². The molecule has 5 heteroatoms. The molecule has 1 unspecified atom stereocenters. The van der Waals surface area contributed by atoms with Crippen LogP contribution in [0.4, 0.5) is 0 Å². The number of hydrogen-bond acceptors (Lipinski definition) is 3. The van der Waals surface area contributed by atoms with Crippen molar-refractivity contribution >= 4 is 5.91 Å². The number of aryl methyl sites for hydroxylation is 1. The second kappa shape index (κ2) is 7.59. The predicted molar refractivity (Wildman–Crippen MR) is 83.5 cm³/mol. The van der Waals surface area contributed by atoms with Gasteiger partial charge < -0.3 is 15.2 Å². The minimum atomic E-state index is 0.274. The molecule has 0 radical (unpaired) electrons. The van der Waals surface area contributed by atoms with E-state index in [0.717, 1.165) is 37.9 Å². The molecule has 2 rings (SSSR count). The average molecular weight is 292 g/mol. The van der Waals surface area contributed by atoms with E-state index < -0.39 is 0 Å². The Morgan fingerprint density at radius 2 is 2.29 bits per heavy atom. The van der Waals surface area contributed by atoms with E-state index in [9.17, 15) is 4.79 Å². The second-order valence-corrected chi connectivity index (χ2v) is 6.10. The van der Waals surface area contributed by atoms with Crippen LogP contribution in [0.2, 0.25) is 0 Å². The van der Waals surface area contributed by atoms with Crippen LogP contribution in [0.3, 0.4) is 0 Å². The summed E-state index contributed by atoms with van der Waals surface area (Å²) in [4.78, 5) is 18.9. The monoisotopic (exact) mass is 292 g/mol. The number of carbonyl (C=O) groups is 1. The van der Waals surface area contributed by atoms with E-state index in [4.69, 9.17) is 5.73 Å². The summed E-state index contributed by atoms with van der Waals surface area (Å²) in [5.41, 5.74) is 5.63. The van der Waals surface area contributed by atoms with Crippen LogP contribution in [0.25, 0.3) is 0 Å². The van der Waals surface area contributed by atoms with Gasteiger partial charge in [-0.3, -0.25) is 4.79 Å². The highest BCUT2D eigenvalue weighted by molar-refractivity contribution is 5.76. The average Bonchev–Trinajstić information content (AvgIpc) is 3.24. The minimum absolute atomic E-state index is 0.274. The number of hydrogen-bond donors (Lipinski definition) is 1. The normalized spacial score (nSPS) is 16.0. The van der Waals surface area contributed by atoms with Gasteiger partial charge in [-0.05, 0) is 38.1 Å². The number of imidazole rings is 1. The zero-order valence-electron chi connectivity index (χ0n) is 13.3. The summed E-state index contributed by atoms with van der Waals surface area (Å²) in [5.74, 6) is 1.81. The van der Waals surface area contributed by atoms with Gasteiger partial charge in [0.15, 0.2) is 0 Å². The molecule has 0 aliphatic heterocycles. The lowest BCUT2D eigenvalue weighted by Crippen LogP contribution is -2.33. The molecule has 0 aromatic carbocycles. The molecule has 0 saturated heterocycles. The van der Waals surface area contributed by atoms with Gasteiger partial charge in [-0.1, -0.05) is 13.3 Å². The summed E-state index contributed by atoms with van der Waals surface area (Å²) in [5, 5.41) is 0. The van der Waals surface area contributed by atoms with Crippen molar-refractivity contribution in [3.05, 3.63) is 18.2 Å². The quantitative estimate of drug-likeness (QED) is 0.758. The number of rotatable bonds is 9. The lowest BCUT2D eigenvalue weighted by molar-refractivity contribution is -0.132. The lowest BCUT2D eigenvalue weighted by Gasteiger charge is -2.23. The molecule has 1 heterocycles. The first-order valence-electron chi connectivity index (χ1n) is 8.11. The van der Waals surface area contributed by atoms with Crippen molar-refractivity contribution in [1.29, 1.82) is 0 Å². The van der Waals surface area contributed by atoms with Crippen LogP contribution in [0, 0.1) is 5.92 Å². The summed E-state index contributed by atoms with van der Waals surface area (Å²) >= 11 is 0. The smallest absolute Gasteiger partial charge is 0.223 e. The zero-order chi connectivity index (χ0) is 15.2. The maximum atomic E-state index is 12.5. The van der Waals surface area contributed by atoms with Gasteiger partial charge in [0.05, 0.1) is 6.54 Å².